The van der Waals surface area contributed by atoms with Gasteiger partial charge in [-0.25, -0.2) is 8.78 Å². The van der Waals surface area contributed by atoms with Gasteiger partial charge in [0.2, 0.25) is 5.91 Å². The van der Waals surface area contributed by atoms with Crippen molar-refractivity contribution in [2.24, 2.45) is 5.92 Å². The number of rotatable bonds is 5. The predicted octanol–water partition coefficient (Wildman–Crippen LogP) is 3.08. The highest BCUT2D eigenvalue weighted by molar-refractivity contribution is 5.95. The fraction of sp³-hybridized carbons (Fsp3) is 0.533. The quantitative estimate of drug-likeness (QED) is 0.870. The zero-order valence-electron chi connectivity index (χ0n) is 12.6. The smallest absolute Gasteiger partial charge is 0.262 e. The summed E-state index contributed by atoms with van der Waals surface area (Å²) in [6.45, 7) is 4.20. The predicted molar refractivity (Wildman–Crippen MR) is 84.0 cm³/mol. The fourth-order valence-corrected chi connectivity index (χ4v) is 2.06. The molecule has 0 bridgehead atoms. The van der Waals surface area contributed by atoms with Crippen LogP contribution in [0.3, 0.4) is 0 Å². The van der Waals surface area contributed by atoms with Gasteiger partial charge in [-0.1, -0.05) is 19.9 Å². The number of benzene rings is 1. The Balaban J connectivity index is 0.00000242. The number of amides is 1. The van der Waals surface area contributed by atoms with Crippen molar-refractivity contribution in [3.63, 3.8) is 0 Å². The van der Waals surface area contributed by atoms with Crippen LogP contribution in [0.5, 0.6) is 5.75 Å². The van der Waals surface area contributed by atoms with E-state index in [1.807, 2.05) is 13.8 Å². The molecule has 0 aromatic heterocycles. The first kappa shape index (κ1) is 18.6. The zero-order valence-corrected chi connectivity index (χ0v) is 13.4. The lowest BCUT2D eigenvalue weighted by atomic mass is 10.2. The maximum absolute atomic E-state index is 13.1. The molecular weight excluding hydrogens is 314 g/mol. The Morgan fingerprint density at radius 1 is 1.50 bits per heavy atom. The number of nitrogens with one attached hydrogen (secondary N) is 2. The van der Waals surface area contributed by atoms with E-state index in [4.69, 9.17) is 4.74 Å². The average Bonchev–Trinajstić information content (AvgIpc) is 2.77. The maximum atomic E-state index is 13.1. The average molecular weight is 335 g/mol. The molecule has 1 saturated heterocycles. The number of alkyl halides is 2. The fourth-order valence-electron chi connectivity index (χ4n) is 2.06. The molecule has 0 radical (unpaired) electrons. The molecule has 1 fully saturated rings. The number of anilines is 1. The van der Waals surface area contributed by atoms with Crippen LogP contribution in [-0.4, -0.2) is 31.0 Å². The summed E-state index contributed by atoms with van der Waals surface area (Å²) >= 11 is 0. The standard InChI is InChI=1S/C15H20F2N2O2.ClH/c1-10(2)8-21-12-5-3-4-11(6-12)19-14(20)13-7-15(16,17)9-18-13;/h3-6,10,13,18H,7-9H2,1-2H3,(H,19,20);1H. The summed E-state index contributed by atoms with van der Waals surface area (Å²) in [5.41, 5.74) is 0.540. The topological polar surface area (TPSA) is 50.4 Å². The number of carbonyl (C=O) groups excluding carboxylic acids is 1. The Hall–Kier alpha value is -1.40. The van der Waals surface area contributed by atoms with E-state index >= 15 is 0 Å². The third kappa shape index (κ3) is 5.42. The van der Waals surface area contributed by atoms with E-state index in [9.17, 15) is 13.6 Å². The van der Waals surface area contributed by atoms with Crippen molar-refractivity contribution in [3.05, 3.63) is 24.3 Å². The molecule has 0 aliphatic carbocycles. The minimum Gasteiger partial charge on any atom is -0.493 e. The molecule has 1 aliphatic heterocycles. The minimum atomic E-state index is -2.82. The number of halogens is 3. The third-order valence-electron chi connectivity index (χ3n) is 3.11. The summed E-state index contributed by atoms with van der Waals surface area (Å²) in [7, 11) is 0. The highest BCUT2D eigenvalue weighted by Crippen LogP contribution is 2.26. The van der Waals surface area contributed by atoms with Crippen molar-refractivity contribution < 1.29 is 18.3 Å². The van der Waals surface area contributed by atoms with Gasteiger partial charge in [0.1, 0.15) is 5.75 Å². The summed E-state index contributed by atoms with van der Waals surface area (Å²) in [4.78, 5) is 11.9. The van der Waals surface area contributed by atoms with Crippen LogP contribution >= 0.6 is 12.4 Å². The molecule has 1 atom stereocenters. The molecule has 1 aromatic carbocycles. The molecule has 1 aliphatic rings. The first-order valence-electron chi connectivity index (χ1n) is 7.01. The molecule has 1 amide bonds. The van der Waals surface area contributed by atoms with Gasteiger partial charge in [-0.05, 0) is 18.1 Å². The van der Waals surface area contributed by atoms with Crippen molar-refractivity contribution in [1.82, 2.24) is 5.32 Å². The molecule has 4 nitrogen and oxygen atoms in total. The Kier molecular flexibility index (Phi) is 6.56. The zero-order chi connectivity index (χ0) is 15.5. The highest BCUT2D eigenvalue weighted by Gasteiger charge is 2.42. The normalized spacial score (nSPS) is 19.6. The van der Waals surface area contributed by atoms with E-state index in [0.717, 1.165) is 0 Å². The molecule has 7 heteroatoms. The van der Waals surface area contributed by atoms with Crippen molar-refractivity contribution in [3.8, 4) is 5.75 Å². The summed E-state index contributed by atoms with van der Waals surface area (Å²) in [6, 6.07) is 6.07. The highest BCUT2D eigenvalue weighted by atomic mass is 35.5. The Bertz CT molecular complexity index is 512. The number of carbonyl (C=O) groups is 1. The van der Waals surface area contributed by atoms with Crippen LogP contribution in [-0.2, 0) is 4.79 Å². The largest absolute Gasteiger partial charge is 0.493 e. The van der Waals surface area contributed by atoms with E-state index in [1.54, 1.807) is 24.3 Å². The Labute approximate surface area is 135 Å². The SMILES string of the molecule is CC(C)COc1cccc(NC(=O)C2CC(F)(F)CN2)c1.Cl. The summed E-state index contributed by atoms with van der Waals surface area (Å²) in [5.74, 6) is -2.22. The number of hydrogen-bond donors (Lipinski definition) is 2. The van der Waals surface area contributed by atoms with Crippen LogP contribution in [0.4, 0.5) is 14.5 Å². The van der Waals surface area contributed by atoms with Crippen molar-refractivity contribution >= 4 is 24.0 Å². The molecule has 0 spiro atoms. The van der Waals surface area contributed by atoms with Gasteiger partial charge in [0, 0.05) is 18.2 Å². The van der Waals surface area contributed by atoms with Gasteiger partial charge in [-0.15, -0.1) is 12.4 Å². The molecule has 1 aromatic rings. The molecule has 1 unspecified atom stereocenters. The van der Waals surface area contributed by atoms with Crippen LogP contribution in [0.1, 0.15) is 20.3 Å². The summed E-state index contributed by atoms with van der Waals surface area (Å²) < 4.78 is 31.7. The lowest BCUT2D eigenvalue weighted by Crippen LogP contribution is -2.35. The van der Waals surface area contributed by atoms with E-state index in [-0.39, 0.29) is 12.4 Å². The van der Waals surface area contributed by atoms with Crippen LogP contribution in [0.25, 0.3) is 0 Å². The van der Waals surface area contributed by atoms with E-state index in [2.05, 4.69) is 10.6 Å². The Morgan fingerprint density at radius 3 is 2.82 bits per heavy atom. The second-order valence-corrected chi connectivity index (χ2v) is 5.72. The van der Waals surface area contributed by atoms with Gasteiger partial charge in [-0.2, -0.15) is 0 Å². The van der Waals surface area contributed by atoms with Gasteiger partial charge >= 0.3 is 0 Å². The lowest BCUT2D eigenvalue weighted by molar-refractivity contribution is -0.118. The van der Waals surface area contributed by atoms with Gasteiger partial charge < -0.3 is 10.1 Å². The summed E-state index contributed by atoms with van der Waals surface area (Å²) in [6.07, 6.45) is -0.470. The summed E-state index contributed by atoms with van der Waals surface area (Å²) in [5, 5.41) is 5.16. The van der Waals surface area contributed by atoms with Gasteiger partial charge in [0.15, 0.2) is 0 Å². The lowest BCUT2D eigenvalue weighted by Gasteiger charge is -2.13. The number of ether oxygens (including phenoxy) is 1. The van der Waals surface area contributed by atoms with Crippen LogP contribution in [0, 0.1) is 5.92 Å². The van der Waals surface area contributed by atoms with Crippen LogP contribution in [0.15, 0.2) is 24.3 Å². The molecule has 2 N–H and O–H groups in total. The van der Waals surface area contributed by atoms with E-state index in [0.29, 0.717) is 24.0 Å². The Morgan fingerprint density at radius 2 is 2.23 bits per heavy atom. The second-order valence-electron chi connectivity index (χ2n) is 5.72. The van der Waals surface area contributed by atoms with E-state index in [1.165, 1.54) is 0 Å². The van der Waals surface area contributed by atoms with Gasteiger partial charge in [0.25, 0.3) is 5.92 Å². The van der Waals surface area contributed by atoms with Crippen molar-refractivity contribution in [2.75, 3.05) is 18.5 Å². The molecule has 2 rings (SSSR count). The molecule has 124 valence electrons. The van der Waals surface area contributed by atoms with Crippen molar-refractivity contribution in [2.45, 2.75) is 32.2 Å². The number of hydrogen-bond acceptors (Lipinski definition) is 3. The minimum absolute atomic E-state index is 0. The maximum Gasteiger partial charge on any atom is 0.262 e. The third-order valence-corrected chi connectivity index (χ3v) is 3.11. The van der Waals surface area contributed by atoms with Gasteiger partial charge in [-0.3, -0.25) is 10.1 Å². The van der Waals surface area contributed by atoms with Gasteiger partial charge in [0.05, 0.1) is 19.2 Å². The first-order chi connectivity index (χ1) is 9.85. The van der Waals surface area contributed by atoms with E-state index < -0.39 is 30.8 Å². The molecular formula is C15H21ClF2N2O2. The van der Waals surface area contributed by atoms with Crippen LogP contribution in [0.2, 0.25) is 0 Å². The van der Waals surface area contributed by atoms with Crippen LogP contribution < -0.4 is 15.4 Å². The second kappa shape index (κ2) is 7.74. The molecule has 22 heavy (non-hydrogen) atoms. The molecule has 0 saturated carbocycles. The first-order valence-corrected chi connectivity index (χ1v) is 7.01. The van der Waals surface area contributed by atoms with Crippen molar-refractivity contribution in [1.29, 1.82) is 0 Å². The monoisotopic (exact) mass is 334 g/mol. The molecule has 1 heterocycles.